The van der Waals surface area contributed by atoms with Gasteiger partial charge in [-0.2, -0.15) is 24.9 Å². The molecule has 0 aliphatic rings. The Morgan fingerprint density at radius 3 is 2.45 bits per heavy atom. The van der Waals surface area contributed by atoms with Crippen molar-refractivity contribution in [1.29, 1.82) is 0 Å². The van der Waals surface area contributed by atoms with Crippen LogP contribution in [0.25, 0.3) is 0 Å². The van der Waals surface area contributed by atoms with E-state index in [1.54, 1.807) is 24.3 Å². The maximum absolute atomic E-state index is 12.1. The largest absolute Gasteiger partial charge is 0.493 e. The number of carboxylic acid groups (broad SMARTS) is 1. The number of carboxylic acids is 1. The normalized spacial score (nSPS) is 12.5. The summed E-state index contributed by atoms with van der Waals surface area (Å²) in [7, 11) is 0. The fourth-order valence-electron chi connectivity index (χ4n) is 1.35. The fourth-order valence-corrected chi connectivity index (χ4v) is 2.18. The number of carbonyl (C=O) groups is 2. The van der Waals surface area contributed by atoms with Crippen molar-refractivity contribution in [3.63, 3.8) is 0 Å². The van der Waals surface area contributed by atoms with E-state index in [4.69, 9.17) is 9.84 Å². The number of hydrogen-bond donors (Lipinski definition) is 2. The molecular weight excluding hydrogens is 323 g/mol. The van der Waals surface area contributed by atoms with Gasteiger partial charge in [0, 0.05) is 11.5 Å². The number of aliphatic carboxylic acids is 1. The first-order valence-corrected chi connectivity index (χ1v) is 7.32. The average Bonchev–Trinajstić information content (AvgIpc) is 2.45. The molecule has 22 heavy (non-hydrogen) atoms. The Labute approximate surface area is 128 Å². The molecule has 0 radical (unpaired) electrons. The Morgan fingerprint density at radius 1 is 1.27 bits per heavy atom. The molecule has 1 unspecified atom stereocenters. The molecule has 1 atom stereocenters. The first-order valence-electron chi connectivity index (χ1n) is 6.17. The van der Waals surface area contributed by atoms with E-state index >= 15 is 0 Å². The summed E-state index contributed by atoms with van der Waals surface area (Å²) in [4.78, 5) is 21.5. The number of amides is 1. The number of benzene rings is 1. The number of rotatable bonds is 8. The SMILES string of the molecule is O=C(O)C(CSCCOc1ccccc1)NC(=O)C(F)(F)F. The number of thioether (sulfide) groups is 1. The van der Waals surface area contributed by atoms with Gasteiger partial charge in [-0.15, -0.1) is 0 Å². The van der Waals surface area contributed by atoms with E-state index in [0.717, 1.165) is 11.8 Å². The van der Waals surface area contributed by atoms with Crippen LogP contribution in [0.2, 0.25) is 0 Å². The van der Waals surface area contributed by atoms with E-state index < -0.39 is 24.1 Å². The van der Waals surface area contributed by atoms with Gasteiger partial charge in [-0.3, -0.25) is 4.79 Å². The van der Waals surface area contributed by atoms with E-state index in [1.807, 2.05) is 6.07 Å². The van der Waals surface area contributed by atoms with Crippen LogP contribution in [0.15, 0.2) is 30.3 Å². The minimum absolute atomic E-state index is 0.185. The minimum Gasteiger partial charge on any atom is -0.493 e. The first kappa shape index (κ1) is 18.1. The van der Waals surface area contributed by atoms with Gasteiger partial charge in [-0.1, -0.05) is 18.2 Å². The number of ether oxygens (including phenoxy) is 1. The van der Waals surface area contributed by atoms with Crippen LogP contribution >= 0.6 is 11.8 Å². The Balaban J connectivity index is 2.30. The summed E-state index contributed by atoms with van der Waals surface area (Å²) in [6, 6.07) is 7.28. The summed E-state index contributed by atoms with van der Waals surface area (Å²) in [5.74, 6) is -2.95. The standard InChI is InChI=1S/C13H14F3NO4S/c14-13(15,16)12(20)17-10(11(18)19)8-22-7-6-21-9-4-2-1-3-5-9/h1-5,10H,6-8H2,(H,17,20)(H,18,19). The molecular formula is C13H14F3NO4S. The quantitative estimate of drug-likeness (QED) is 0.709. The summed E-state index contributed by atoms with van der Waals surface area (Å²) >= 11 is 1.07. The molecule has 0 heterocycles. The molecule has 2 N–H and O–H groups in total. The van der Waals surface area contributed by atoms with Crippen LogP contribution in [-0.2, 0) is 9.59 Å². The van der Waals surface area contributed by atoms with Crippen molar-refractivity contribution < 1.29 is 32.6 Å². The van der Waals surface area contributed by atoms with Crippen molar-refractivity contribution in [3.8, 4) is 5.75 Å². The summed E-state index contributed by atoms with van der Waals surface area (Å²) in [6.07, 6.45) is -5.10. The molecule has 122 valence electrons. The Bertz CT molecular complexity index is 496. The van der Waals surface area contributed by atoms with Gasteiger partial charge in [0.15, 0.2) is 0 Å². The van der Waals surface area contributed by atoms with Gasteiger partial charge >= 0.3 is 18.1 Å². The van der Waals surface area contributed by atoms with Crippen LogP contribution in [0.3, 0.4) is 0 Å². The molecule has 0 aliphatic heterocycles. The van der Waals surface area contributed by atoms with Crippen molar-refractivity contribution in [3.05, 3.63) is 30.3 Å². The lowest BCUT2D eigenvalue weighted by Crippen LogP contribution is -2.48. The molecule has 0 saturated heterocycles. The zero-order valence-corrected chi connectivity index (χ0v) is 12.1. The number of nitrogens with one attached hydrogen (secondary N) is 1. The van der Waals surface area contributed by atoms with Crippen LogP contribution in [0.5, 0.6) is 5.75 Å². The van der Waals surface area contributed by atoms with Crippen LogP contribution < -0.4 is 10.1 Å². The maximum Gasteiger partial charge on any atom is 0.471 e. The van der Waals surface area contributed by atoms with Crippen molar-refractivity contribution >= 4 is 23.6 Å². The first-order chi connectivity index (χ1) is 10.3. The van der Waals surface area contributed by atoms with Crippen molar-refractivity contribution in [1.82, 2.24) is 5.32 Å². The molecule has 9 heteroatoms. The second-order valence-electron chi connectivity index (χ2n) is 4.10. The maximum atomic E-state index is 12.1. The number of alkyl halides is 3. The van der Waals surface area contributed by atoms with E-state index in [-0.39, 0.29) is 12.4 Å². The highest BCUT2D eigenvalue weighted by molar-refractivity contribution is 7.99. The average molecular weight is 337 g/mol. The lowest BCUT2D eigenvalue weighted by Gasteiger charge is -2.15. The van der Waals surface area contributed by atoms with Gasteiger partial charge in [0.1, 0.15) is 11.8 Å². The second kappa shape index (κ2) is 8.52. The van der Waals surface area contributed by atoms with Gasteiger partial charge in [0.05, 0.1) is 6.61 Å². The monoisotopic (exact) mass is 337 g/mol. The third-order valence-electron chi connectivity index (χ3n) is 2.39. The second-order valence-corrected chi connectivity index (χ2v) is 5.25. The van der Waals surface area contributed by atoms with Crippen LogP contribution in [-0.4, -0.2) is 47.3 Å². The van der Waals surface area contributed by atoms with E-state index in [2.05, 4.69) is 0 Å². The summed E-state index contributed by atoms with van der Waals surface area (Å²) in [5, 5.41) is 10.2. The minimum atomic E-state index is -5.10. The van der Waals surface area contributed by atoms with Crippen molar-refractivity contribution in [2.45, 2.75) is 12.2 Å². The molecule has 5 nitrogen and oxygen atoms in total. The highest BCUT2D eigenvalue weighted by Crippen LogP contribution is 2.15. The molecule has 1 rings (SSSR count). The van der Waals surface area contributed by atoms with E-state index in [1.165, 1.54) is 5.32 Å². The molecule has 1 aromatic rings. The van der Waals surface area contributed by atoms with Gasteiger partial charge in [-0.25, -0.2) is 4.79 Å². The van der Waals surface area contributed by atoms with Gasteiger partial charge < -0.3 is 15.2 Å². The molecule has 0 saturated carbocycles. The molecule has 1 aromatic carbocycles. The Hall–Kier alpha value is -1.90. The number of hydrogen-bond acceptors (Lipinski definition) is 4. The molecule has 0 fully saturated rings. The lowest BCUT2D eigenvalue weighted by molar-refractivity contribution is -0.175. The lowest BCUT2D eigenvalue weighted by atomic mass is 10.3. The summed E-state index contributed by atoms with van der Waals surface area (Å²) < 4.78 is 41.6. The van der Waals surface area contributed by atoms with Gasteiger partial charge in [0.25, 0.3) is 0 Å². The highest BCUT2D eigenvalue weighted by atomic mass is 32.2. The van der Waals surface area contributed by atoms with Crippen LogP contribution in [0.4, 0.5) is 13.2 Å². The zero-order valence-electron chi connectivity index (χ0n) is 11.3. The third kappa shape index (κ3) is 6.70. The summed E-state index contributed by atoms with van der Waals surface area (Å²) in [5.41, 5.74) is 0. The van der Waals surface area contributed by atoms with Crippen molar-refractivity contribution in [2.24, 2.45) is 0 Å². The number of carbonyl (C=O) groups excluding carboxylic acids is 1. The van der Waals surface area contributed by atoms with Gasteiger partial charge in [-0.05, 0) is 12.1 Å². The van der Waals surface area contributed by atoms with Crippen LogP contribution in [0.1, 0.15) is 0 Å². The Morgan fingerprint density at radius 2 is 1.91 bits per heavy atom. The highest BCUT2D eigenvalue weighted by Gasteiger charge is 2.40. The van der Waals surface area contributed by atoms with Gasteiger partial charge in [0.2, 0.25) is 0 Å². The third-order valence-corrected chi connectivity index (χ3v) is 3.41. The number of para-hydroxylation sites is 1. The molecule has 1 amide bonds. The van der Waals surface area contributed by atoms with Crippen molar-refractivity contribution in [2.75, 3.05) is 18.1 Å². The predicted molar refractivity (Wildman–Crippen MR) is 74.9 cm³/mol. The molecule has 0 aliphatic carbocycles. The van der Waals surface area contributed by atoms with E-state index in [0.29, 0.717) is 11.5 Å². The smallest absolute Gasteiger partial charge is 0.471 e. The van der Waals surface area contributed by atoms with E-state index in [9.17, 15) is 22.8 Å². The molecule has 0 bridgehead atoms. The topological polar surface area (TPSA) is 75.6 Å². The van der Waals surface area contributed by atoms with Crippen LogP contribution in [0, 0.1) is 0 Å². The predicted octanol–water partition coefficient (Wildman–Crippen LogP) is 1.93. The fraction of sp³-hybridized carbons (Fsp3) is 0.385. The Kier molecular flexibility index (Phi) is 7.03. The molecule has 0 spiro atoms. The number of halogens is 3. The zero-order chi connectivity index (χ0) is 16.6. The summed E-state index contributed by atoms with van der Waals surface area (Å²) in [6.45, 7) is 0.272. The molecule has 0 aromatic heterocycles.